The third kappa shape index (κ3) is 4.16. The Hall–Kier alpha value is -4.01. The fourth-order valence-corrected chi connectivity index (χ4v) is 3.25. The first-order chi connectivity index (χ1) is 15.0. The first-order valence-electron chi connectivity index (χ1n) is 9.58. The SMILES string of the molecule is COc1ccc(C(C)NC(=O)Cn2cnc3c(cnn3-c3ccc(F)cc3)c2=O)cc1. The standard InChI is InChI=1S/C22H20FN5O3/c1-14(15-3-9-18(31-2)10-4-15)26-20(29)12-27-13-24-21-19(22(27)30)11-25-28(21)17-7-5-16(23)6-8-17/h3-11,13-14H,12H2,1-2H3,(H,26,29). The van der Waals surface area contributed by atoms with Gasteiger partial charge >= 0.3 is 0 Å². The molecule has 4 aromatic rings. The maximum Gasteiger partial charge on any atom is 0.264 e. The minimum atomic E-state index is -0.384. The lowest BCUT2D eigenvalue weighted by Crippen LogP contribution is -2.33. The van der Waals surface area contributed by atoms with E-state index in [4.69, 9.17) is 4.74 Å². The van der Waals surface area contributed by atoms with Gasteiger partial charge in [-0.3, -0.25) is 14.2 Å². The second-order valence-electron chi connectivity index (χ2n) is 7.01. The first-order valence-corrected chi connectivity index (χ1v) is 9.58. The number of carbonyl (C=O) groups excluding carboxylic acids is 1. The predicted octanol–water partition coefficient (Wildman–Crippen LogP) is 2.61. The molecule has 4 rings (SSSR count). The van der Waals surface area contributed by atoms with Gasteiger partial charge in [0.2, 0.25) is 5.91 Å². The minimum Gasteiger partial charge on any atom is -0.497 e. The number of nitrogens with zero attached hydrogens (tertiary/aromatic N) is 4. The predicted molar refractivity (Wildman–Crippen MR) is 113 cm³/mol. The number of benzene rings is 2. The fourth-order valence-electron chi connectivity index (χ4n) is 3.25. The van der Waals surface area contributed by atoms with E-state index in [1.165, 1.54) is 33.9 Å². The molecule has 0 spiro atoms. The zero-order valence-corrected chi connectivity index (χ0v) is 16.9. The molecule has 0 saturated carbocycles. The Morgan fingerprint density at radius 3 is 2.55 bits per heavy atom. The highest BCUT2D eigenvalue weighted by molar-refractivity contribution is 5.78. The second-order valence-corrected chi connectivity index (χ2v) is 7.01. The summed E-state index contributed by atoms with van der Waals surface area (Å²) in [5.41, 5.74) is 1.44. The Balaban J connectivity index is 1.51. The molecule has 0 saturated heterocycles. The molecule has 158 valence electrons. The van der Waals surface area contributed by atoms with E-state index >= 15 is 0 Å². The molecule has 0 fully saturated rings. The summed E-state index contributed by atoms with van der Waals surface area (Å²) in [5, 5.41) is 7.32. The van der Waals surface area contributed by atoms with Gasteiger partial charge in [-0.2, -0.15) is 5.10 Å². The molecule has 31 heavy (non-hydrogen) atoms. The van der Waals surface area contributed by atoms with E-state index < -0.39 is 0 Å². The Labute approximate surface area is 176 Å². The van der Waals surface area contributed by atoms with Crippen LogP contribution in [-0.2, 0) is 11.3 Å². The number of fused-ring (bicyclic) bond motifs is 1. The van der Waals surface area contributed by atoms with Gasteiger partial charge in [-0.05, 0) is 48.9 Å². The molecule has 2 aromatic carbocycles. The van der Waals surface area contributed by atoms with Gasteiger partial charge in [-0.25, -0.2) is 14.1 Å². The van der Waals surface area contributed by atoms with E-state index in [1.807, 2.05) is 31.2 Å². The second kappa shape index (κ2) is 8.39. The molecule has 1 atom stereocenters. The molecule has 9 heteroatoms. The van der Waals surface area contributed by atoms with Gasteiger partial charge in [-0.1, -0.05) is 12.1 Å². The van der Waals surface area contributed by atoms with Crippen molar-refractivity contribution in [2.75, 3.05) is 7.11 Å². The number of amides is 1. The van der Waals surface area contributed by atoms with Crippen molar-refractivity contribution < 1.29 is 13.9 Å². The van der Waals surface area contributed by atoms with Crippen LogP contribution in [0, 0.1) is 5.82 Å². The maximum absolute atomic E-state index is 13.2. The van der Waals surface area contributed by atoms with E-state index in [0.29, 0.717) is 11.3 Å². The number of aromatic nitrogens is 4. The summed E-state index contributed by atoms with van der Waals surface area (Å²) in [7, 11) is 1.59. The van der Waals surface area contributed by atoms with Crippen LogP contribution in [0.5, 0.6) is 5.75 Å². The van der Waals surface area contributed by atoms with Crippen molar-refractivity contribution >= 4 is 16.9 Å². The molecule has 1 amide bonds. The smallest absolute Gasteiger partial charge is 0.264 e. The van der Waals surface area contributed by atoms with Gasteiger partial charge in [0.1, 0.15) is 29.8 Å². The Kier molecular flexibility index (Phi) is 5.48. The third-order valence-electron chi connectivity index (χ3n) is 4.93. The summed E-state index contributed by atoms with van der Waals surface area (Å²) in [5.74, 6) is 0.0392. The van der Waals surface area contributed by atoms with Crippen LogP contribution in [0.15, 0.2) is 65.8 Å². The van der Waals surface area contributed by atoms with Crippen LogP contribution in [0.4, 0.5) is 4.39 Å². The summed E-state index contributed by atoms with van der Waals surface area (Å²) in [6.07, 6.45) is 2.70. The zero-order valence-electron chi connectivity index (χ0n) is 16.9. The van der Waals surface area contributed by atoms with Crippen LogP contribution in [0.25, 0.3) is 16.7 Å². The normalized spacial score (nSPS) is 12.0. The molecule has 0 radical (unpaired) electrons. The third-order valence-corrected chi connectivity index (χ3v) is 4.93. The highest BCUT2D eigenvalue weighted by Crippen LogP contribution is 2.17. The lowest BCUT2D eigenvalue weighted by Gasteiger charge is -2.15. The molecule has 2 aromatic heterocycles. The summed E-state index contributed by atoms with van der Waals surface area (Å²) in [6.45, 7) is 1.68. The van der Waals surface area contributed by atoms with Gasteiger partial charge < -0.3 is 10.1 Å². The van der Waals surface area contributed by atoms with Crippen molar-refractivity contribution in [1.29, 1.82) is 0 Å². The molecule has 0 aliphatic rings. The van der Waals surface area contributed by atoms with E-state index in [-0.39, 0.29) is 35.3 Å². The van der Waals surface area contributed by atoms with Gasteiger partial charge in [-0.15, -0.1) is 0 Å². The Bertz CT molecular complexity index is 1280. The average molecular weight is 421 g/mol. The number of ether oxygens (including phenoxy) is 1. The lowest BCUT2D eigenvalue weighted by atomic mass is 10.1. The molecular weight excluding hydrogens is 401 g/mol. The molecule has 0 aliphatic carbocycles. The Morgan fingerprint density at radius 1 is 1.16 bits per heavy atom. The summed E-state index contributed by atoms with van der Waals surface area (Å²) < 4.78 is 21.0. The minimum absolute atomic E-state index is 0.177. The number of hydrogen-bond acceptors (Lipinski definition) is 5. The van der Waals surface area contributed by atoms with Crippen molar-refractivity contribution in [3.63, 3.8) is 0 Å². The van der Waals surface area contributed by atoms with Gasteiger partial charge in [0, 0.05) is 0 Å². The van der Waals surface area contributed by atoms with Crippen LogP contribution < -0.4 is 15.6 Å². The molecule has 0 aliphatic heterocycles. The van der Waals surface area contributed by atoms with Gasteiger partial charge in [0.25, 0.3) is 5.56 Å². The molecule has 1 unspecified atom stereocenters. The number of carbonyl (C=O) groups is 1. The number of hydrogen-bond donors (Lipinski definition) is 1. The molecule has 2 heterocycles. The largest absolute Gasteiger partial charge is 0.497 e. The highest BCUT2D eigenvalue weighted by Gasteiger charge is 2.15. The summed E-state index contributed by atoms with van der Waals surface area (Å²) in [4.78, 5) is 29.6. The van der Waals surface area contributed by atoms with Gasteiger partial charge in [0.15, 0.2) is 5.65 Å². The first kappa shape index (κ1) is 20.3. The van der Waals surface area contributed by atoms with Crippen LogP contribution in [0.1, 0.15) is 18.5 Å². The molecule has 1 N–H and O–H groups in total. The van der Waals surface area contributed by atoms with Crippen LogP contribution >= 0.6 is 0 Å². The van der Waals surface area contributed by atoms with E-state index in [0.717, 1.165) is 11.3 Å². The number of nitrogens with one attached hydrogen (secondary N) is 1. The topological polar surface area (TPSA) is 91.0 Å². The van der Waals surface area contributed by atoms with Crippen LogP contribution in [-0.4, -0.2) is 32.3 Å². The van der Waals surface area contributed by atoms with Crippen LogP contribution in [0.2, 0.25) is 0 Å². The average Bonchev–Trinajstić information content (AvgIpc) is 3.21. The quantitative estimate of drug-likeness (QED) is 0.517. The molecule has 8 nitrogen and oxygen atoms in total. The summed E-state index contributed by atoms with van der Waals surface area (Å²) >= 11 is 0. The van der Waals surface area contributed by atoms with Crippen molar-refractivity contribution in [1.82, 2.24) is 24.6 Å². The van der Waals surface area contributed by atoms with Crippen molar-refractivity contribution in [3.05, 3.63) is 82.8 Å². The molecular formula is C22H20FN5O3. The monoisotopic (exact) mass is 421 g/mol. The molecule has 0 bridgehead atoms. The fraction of sp³-hybridized carbons (Fsp3) is 0.182. The number of methoxy groups -OCH3 is 1. The number of rotatable bonds is 6. The number of halogens is 1. The highest BCUT2D eigenvalue weighted by atomic mass is 19.1. The lowest BCUT2D eigenvalue weighted by molar-refractivity contribution is -0.122. The van der Waals surface area contributed by atoms with E-state index in [1.54, 1.807) is 19.2 Å². The Morgan fingerprint density at radius 2 is 1.87 bits per heavy atom. The van der Waals surface area contributed by atoms with Crippen LogP contribution in [0.3, 0.4) is 0 Å². The van der Waals surface area contributed by atoms with Gasteiger partial charge in [0.05, 0.1) is 25.0 Å². The zero-order chi connectivity index (χ0) is 22.0. The van der Waals surface area contributed by atoms with Crippen molar-refractivity contribution in [2.45, 2.75) is 19.5 Å². The van der Waals surface area contributed by atoms with E-state index in [9.17, 15) is 14.0 Å². The maximum atomic E-state index is 13.2. The summed E-state index contributed by atoms with van der Waals surface area (Å²) in [6, 6.07) is 12.8. The van der Waals surface area contributed by atoms with Crippen molar-refractivity contribution in [3.8, 4) is 11.4 Å². The van der Waals surface area contributed by atoms with E-state index in [2.05, 4.69) is 15.4 Å². The van der Waals surface area contributed by atoms with Crippen molar-refractivity contribution in [2.24, 2.45) is 0 Å².